The van der Waals surface area contributed by atoms with Crippen LogP contribution in [0.2, 0.25) is 0 Å². The Morgan fingerprint density at radius 3 is 2.89 bits per heavy atom. The smallest absolute Gasteiger partial charge is 0.304 e. The molecule has 1 aromatic rings. The van der Waals surface area contributed by atoms with Crippen LogP contribution in [0.1, 0.15) is 18.9 Å². The molecule has 0 saturated carbocycles. The van der Waals surface area contributed by atoms with Crippen molar-refractivity contribution < 1.29 is 19.1 Å². The fraction of sp³-hybridized carbons (Fsp3) is 0.308. The second kappa shape index (κ2) is 5.17. The van der Waals surface area contributed by atoms with E-state index in [0.29, 0.717) is 11.3 Å². The highest BCUT2D eigenvalue weighted by Gasteiger charge is 2.34. The van der Waals surface area contributed by atoms with Gasteiger partial charge in [0.15, 0.2) is 0 Å². The quantitative estimate of drug-likeness (QED) is 0.898. The number of carboxylic acid groups (broad SMARTS) is 1. The number of hydrogen-bond acceptors (Lipinski definition) is 3. The summed E-state index contributed by atoms with van der Waals surface area (Å²) in [6.07, 6.45) is -0.270. The van der Waals surface area contributed by atoms with E-state index in [9.17, 15) is 14.0 Å². The lowest BCUT2D eigenvalue weighted by Gasteiger charge is -2.13. The third-order valence-corrected chi connectivity index (χ3v) is 2.94. The van der Waals surface area contributed by atoms with Crippen LogP contribution in [0.5, 0.6) is 0 Å². The second-order valence-electron chi connectivity index (χ2n) is 4.42. The maximum Gasteiger partial charge on any atom is 0.304 e. The van der Waals surface area contributed by atoms with Gasteiger partial charge in [-0.15, -0.1) is 0 Å². The largest absolute Gasteiger partial charge is 0.481 e. The van der Waals surface area contributed by atoms with E-state index < -0.39 is 11.9 Å². The van der Waals surface area contributed by atoms with E-state index in [0.717, 1.165) is 0 Å². The first kappa shape index (κ1) is 13.2. The lowest BCUT2D eigenvalue weighted by Crippen LogP contribution is -2.28. The van der Waals surface area contributed by atoms with Crippen LogP contribution in [0, 0.1) is 11.7 Å². The van der Waals surface area contributed by atoms with Gasteiger partial charge < -0.3 is 5.11 Å². The molecule has 1 heterocycles. The van der Waals surface area contributed by atoms with Crippen LogP contribution >= 0.6 is 0 Å². The number of amides is 1. The molecule has 0 fully saturated rings. The molecule has 1 N–H and O–H groups in total. The molecule has 1 aliphatic rings. The summed E-state index contributed by atoms with van der Waals surface area (Å²) in [5.41, 5.74) is 1.09. The number of aliphatic carboxylic acids is 1. The van der Waals surface area contributed by atoms with Crippen molar-refractivity contribution in [2.45, 2.75) is 19.9 Å². The normalized spacial score (nSPS) is 18.6. The summed E-state index contributed by atoms with van der Waals surface area (Å²) in [6, 6.07) is 5.88. The number of benzene rings is 1. The highest BCUT2D eigenvalue weighted by Crippen LogP contribution is 2.21. The van der Waals surface area contributed by atoms with E-state index in [4.69, 9.17) is 5.11 Å². The Labute approximate surface area is 109 Å². The lowest BCUT2D eigenvalue weighted by molar-refractivity contribution is -0.142. The summed E-state index contributed by atoms with van der Waals surface area (Å²) >= 11 is 0. The molecule has 1 amide bonds. The van der Waals surface area contributed by atoms with Gasteiger partial charge in [0.05, 0.1) is 18.9 Å². The molecule has 0 radical (unpaired) electrons. The van der Waals surface area contributed by atoms with Gasteiger partial charge in [-0.3, -0.25) is 9.59 Å². The number of carbonyl (C=O) groups excluding carboxylic acids is 1. The van der Waals surface area contributed by atoms with Gasteiger partial charge in [-0.25, -0.2) is 9.40 Å². The fourth-order valence-corrected chi connectivity index (χ4v) is 2.00. The SMILES string of the molecule is CC1=NN(Cc2cccc(F)c2)C(=O)C1CC(=O)O. The molecular formula is C13H13FN2O3. The van der Waals surface area contributed by atoms with Gasteiger partial charge in [-0.1, -0.05) is 12.1 Å². The van der Waals surface area contributed by atoms with Gasteiger partial charge in [0.25, 0.3) is 5.91 Å². The van der Waals surface area contributed by atoms with Gasteiger partial charge in [-0.2, -0.15) is 5.10 Å². The molecule has 2 rings (SSSR count). The average molecular weight is 264 g/mol. The predicted molar refractivity (Wildman–Crippen MR) is 65.8 cm³/mol. The standard InChI is InChI=1S/C13H13FN2O3/c1-8-11(6-12(17)18)13(19)16(15-8)7-9-3-2-4-10(14)5-9/h2-5,11H,6-7H2,1H3,(H,17,18). The van der Waals surface area contributed by atoms with Gasteiger partial charge in [0, 0.05) is 5.71 Å². The molecule has 0 aliphatic carbocycles. The maximum absolute atomic E-state index is 13.0. The molecule has 1 unspecified atom stereocenters. The van der Waals surface area contributed by atoms with E-state index in [-0.39, 0.29) is 24.7 Å². The molecular weight excluding hydrogens is 251 g/mol. The summed E-state index contributed by atoms with van der Waals surface area (Å²) < 4.78 is 13.0. The summed E-state index contributed by atoms with van der Waals surface area (Å²) in [5.74, 6) is -2.50. The van der Waals surface area contributed by atoms with Gasteiger partial charge in [0.1, 0.15) is 5.82 Å². The summed E-state index contributed by atoms with van der Waals surface area (Å²) in [7, 11) is 0. The van der Waals surface area contributed by atoms with Crippen molar-refractivity contribution in [3.8, 4) is 0 Å². The van der Waals surface area contributed by atoms with Crippen LogP contribution in [-0.4, -0.2) is 27.7 Å². The zero-order chi connectivity index (χ0) is 14.0. The third kappa shape index (κ3) is 2.96. The average Bonchev–Trinajstić information content (AvgIpc) is 2.57. The van der Waals surface area contributed by atoms with E-state index >= 15 is 0 Å². The lowest BCUT2D eigenvalue weighted by atomic mass is 10.0. The Balaban J connectivity index is 2.11. The molecule has 1 atom stereocenters. The Morgan fingerprint density at radius 2 is 2.26 bits per heavy atom. The number of carboxylic acids is 1. The van der Waals surface area contributed by atoms with Crippen LogP contribution in [0.4, 0.5) is 4.39 Å². The number of carbonyl (C=O) groups is 2. The fourth-order valence-electron chi connectivity index (χ4n) is 2.00. The van der Waals surface area contributed by atoms with E-state index in [1.807, 2.05) is 0 Å². The first-order valence-corrected chi connectivity index (χ1v) is 5.80. The van der Waals surface area contributed by atoms with Crippen LogP contribution < -0.4 is 0 Å². The molecule has 6 heteroatoms. The number of halogens is 1. The minimum Gasteiger partial charge on any atom is -0.481 e. The Morgan fingerprint density at radius 1 is 1.53 bits per heavy atom. The Hall–Kier alpha value is -2.24. The molecule has 100 valence electrons. The monoisotopic (exact) mass is 264 g/mol. The van der Waals surface area contributed by atoms with Gasteiger partial charge in [-0.05, 0) is 24.6 Å². The van der Waals surface area contributed by atoms with Crippen molar-refractivity contribution in [2.24, 2.45) is 11.0 Å². The molecule has 1 aliphatic heterocycles. The van der Waals surface area contributed by atoms with Crippen molar-refractivity contribution in [1.29, 1.82) is 0 Å². The first-order valence-electron chi connectivity index (χ1n) is 5.80. The number of nitrogens with zero attached hydrogens (tertiary/aromatic N) is 2. The Kier molecular flexibility index (Phi) is 3.59. The predicted octanol–water partition coefficient (Wildman–Crippen LogP) is 1.63. The van der Waals surface area contributed by atoms with Gasteiger partial charge >= 0.3 is 5.97 Å². The van der Waals surface area contributed by atoms with E-state index in [1.54, 1.807) is 19.1 Å². The van der Waals surface area contributed by atoms with Crippen LogP contribution in [0.25, 0.3) is 0 Å². The van der Waals surface area contributed by atoms with Crippen LogP contribution in [0.15, 0.2) is 29.4 Å². The van der Waals surface area contributed by atoms with Crippen LogP contribution in [-0.2, 0) is 16.1 Å². The molecule has 0 saturated heterocycles. The summed E-state index contributed by atoms with van der Waals surface area (Å²) in [4.78, 5) is 22.7. The molecule has 19 heavy (non-hydrogen) atoms. The minimum absolute atomic E-state index is 0.143. The molecule has 5 nitrogen and oxygen atoms in total. The second-order valence-corrected chi connectivity index (χ2v) is 4.42. The van der Waals surface area contributed by atoms with Crippen LogP contribution in [0.3, 0.4) is 0 Å². The molecule has 0 aromatic heterocycles. The number of hydrogen-bond donors (Lipinski definition) is 1. The summed E-state index contributed by atoms with van der Waals surface area (Å²) in [6.45, 7) is 1.77. The Bertz CT molecular complexity index is 557. The molecule has 0 spiro atoms. The zero-order valence-electron chi connectivity index (χ0n) is 10.3. The number of rotatable bonds is 4. The molecule has 0 bridgehead atoms. The molecule has 1 aromatic carbocycles. The van der Waals surface area contributed by atoms with Crippen molar-refractivity contribution in [1.82, 2.24) is 5.01 Å². The van der Waals surface area contributed by atoms with Crippen molar-refractivity contribution in [3.63, 3.8) is 0 Å². The summed E-state index contributed by atoms with van der Waals surface area (Å²) in [5, 5.41) is 14.0. The zero-order valence-corrected chi connectivity index (χ0v) is 10.3. The minimum atomic E-state index is -1.04. The maximum atomic E-state index is 13.0. The first-order chi connectivity index (χ1) is 8.97. The van der Waals surface area contributed by atoms with E-state index in [2.05, 4.69) is 5.10 Å². The van der Waals surface area contributed by atoms with Crippen molar-refractivity contribution in [3.05, 3.63) is 35.6 Å². The third-order valence-electron chi connectivity index (χ3n) is 2.94. The topological polar surface area (TPSA) is 70.0 Å². The van der Waals surface area contributed by atoms with Crippen molar-refractivity contribution in [2.75, 3.05) is 0 Å². The highest BCUT2D eigenvalue weighted by molar-refractivity contribution is 6.08. The highest BCUT2D eigenvalue weighted by atomic mass is 19.1. The van der Waals surface area contributed by atoms with Crippen molar-refractivity contribution >= 4 is 17.6 Å². The van der Waals surface area contributed by atoms with E-state index in [1.165, 1.54) is 17.1 Å². The van der Waals surface area contributed by atoms with Gasteiger partial charge in [0.2, 0.25) is 0 Å². The number of hydrazone groups is 1.